The highest BCUT2D eigenvalue weighted by Crippen LogP contribution is 2.37. The maximum atomic E-state index is 12.8. The Morgan fingerprint density at radius 3 is 2.62 bits per heavy atom. The number of amides is 1. The Balaban J connectivity index is 1.76. The molecule has 0 spiro atoms. The first-order chi connectivity index (χ1) is 11.5. The van der Waals surface area contributed by atoms with Crippen molar-refractivity contribution in [2.24, 2.45) is 0 Å². The topological polar surface area (TPSA) is 88.5 Å². The van der Waals surface area contributed by atoms with Gasteiger partial charge in [-0.05, 0) is 32.6 Å². The number of aliphatic carboxylic acids is 1. The molecule has 1 saturated carbocycles. The molecule has 0 radical (unpaired) electrons. The first-order valence-corrected chi connectivity index (χ1v) is 9.40. The van der Waals surface area contributed by atoms with E-state index in [2.05, 4.69) is 10.3 Å². The molecule has 1 aliphatic heterocycles. The lowest BCUT2D eigenvalue weighted by Gasteiger charge is -2.36. The van der Waals surface area contributed by atoms with E-state index in [4.69, 9.17) is 4.74 Å². The van der Waals surface area contributed by atoms with Crippen LogP contribution in [0.2, 0.25) is 0 Å². The van der Waals surface area contributed by atoms with Crippen molar-refractivity contribution in [1.82, 2.24) is 10.3 Å². The van der Waals surface area contributed by atoms with Crippen LogP contribution in [0, 0.1) is 6.92 Å². The molecule has 1 aliphatic carbocycles. The lowest BCUT2D eigenvalue weighted by molar-refractivity contribution is -0.139. The summed E-state index contributed by atoms with van der Waals surface area (Å²) in [5.74, 6) is -0.617. The average Bonchev–Trinajstić information content (AvgIpc) is 3.16. The van der Waals surface area contributed by atoms with E-state index in [0.29, 0.717) is 36.9 Å². The van der Waals surface area contributed by atoms with Gasteiger partial charge in [-0.25, -0.2) is 4.98 Å². The Morgan fingerprint density at radius 2 is 2.00 bits per heavy atom. The lowest BCUT2D eigenvalue weighted by Crippen LogP contribution is -2.53. The second-order valence-corrected chi connectivity index (χ2v) is 7.90. The molecule has 1 saturated heterocycles. The predicted molar refractivity (Wildman–Crippen MR) is 90.6 cm³/mol. The van der Waals surface area contributed by atoms with Gasteiger partial charge in [0.2, 0.25) is 0 Å². The molecule has 0 atom stereocenters. The van der Waals surface area contributed by atoms with Crippen LogP contribution in [-0.2, 0) is 9.53 Å². The number of carbonyl (C=O) groups excluding carboxylic acids is 1. The number of aryl methyl sites for hydroxylation is 1. The number of hydrogen-bond acceptors (Lipinski definition) is 5. The molecular weight excluding hydrogens is 328 g/mol. The molecule has 2 aliphatic rings. The summed E-state index contributed by atoms with van der Waals surface area (Å²) >= 11 is 1.47. The highest BCUT2D eigenvalue weighted by molar-refractivity contribution is 7.13. The molecule has 2 N–H and O–H groups in total. The molecule has 0 bridgehead atoms. The van der Waals surface area contributed by atoms with E-state index in [9.17, 15) is 14.7 Å². The van der Waals surface area contributed by atoms with Crippen LogP contribution in [0.15, 0.2) is 0 Å². The molecule has 2 heterocycles. The zero-order valence-corrected chi connectivity index (χ0v) is 14.8. The third-order valence-corrected chi connectivity index (χ3v) is 6.36. The van der Waals surface area contributed by atoms with E-state index in [1.165, 1.54) is 24.2 Å². The zero-order valence-electron chi connectivity index (χ0n) is 14.0. The highest BCUT2D eigenvalue weighted by Gasteiger charge is 2.37. The van der Waals surface area contributed by atoms with Gasteiger partial charge in [-0.2, -0.15) is 0 Å². The Kier molecular flexibility index (Phi) is 5.20. The minimum atomic E-state index is -0.898. The van der Waals surface area contributed by atoms with E-state index in [-0.39, 0.29) is 12.3 Å². The number of nitrogens with one attached hydrogen (secondary N) is 1. The van der Waals surface area contributed by atoms with Gasteiger partial charge < -0.3 is 15.2 Å². The highest BCUT2D eigenvalue weighted by atomic mass is 32.1. The number of ether oxygens (including phenoxy) is 1. The quantitative estimate of drug-likeness (QED) is 0.851. The van der Waals surface area contributed by atoms with E-state index in [0.717, 1.165) is 23.5 Å². The number of nitrogens with zero attached hydrogens (tertiary/aromatic N) is 1. The summed E-state index contributed by atoms with van der Waals surface area (Å²) in [5.41, 5.74) is 0.0300. The second kappa shape index (κ2) is 7.19. The molecule has 24 heavy (non-hydrogen) atoms. The number of carboxylic acids is 1. The van der Waals surface area contributed by atoms with E-state index in [1.807, 2.05) is 6.92 Å². The van der Waals surface area contributed by atoms with Crippen molar-refractivity contribution in [2.45, 2.75) is 63.3 Å². The smallest absolute Gasteiger partial charge is 0.305 e. The lowest BCUT2D eigenvalue weighted by atomic mass is 9.86. The minimum absolute atomic E-state index is 0.0740. The summed E-state index contributed by atoms with van der Waals surface area (Å²) in [6.45, 7) is 2.81. The van der Waals surface area contributed by atoms with E-state index < -0.39 is 11.5 Å². The van der Waals surface area contributed by atoms with Crippen LogP contribution < -0.4 is 5.32 Å². The maximum absolute atomic E-state index is 12.8. The monoisotopic (exact) mass is 352 g/mol. The number of aromatic nitrogens is 1. The first-order valence-electron chi connectivity index (χ1n) is 8.58. The summed E-state index contributed by atoms with van der Waals surface area (Å²) in [5, 5.41) is 13.3. The fraction of sp³-hybridized carbons (Fsp3) is 0.706. The zero-order chi connectivity index (χ0) is 17.2. The van der Waals surface area contributed by atoms with Crippen LogP contribution in [0.5, 0.6) is 0 Å². The van der Waals surface area contributed by atoms with Crippen molar-refractivity contribution in [3.63, 3.8) is 0 Å². The van der Waals surface area contributed by atoms with Crippen LogP contribution in [0.1, 0.15) is 71.2 Å². The number of rotatable bonds is 5. The molecule has 0 unspecified atom stereocenters. The van der Waals surface area contributed by atoms with Crippen molar-refractivity contribution < 1.29 is 19.4 Å². The normalized spacial score (nSPS) is 20.9. The summed E-state index contributed by atoms with van der Waals surface area (Å²) in [7, 11) is 0. The Hall–Kier alpha value is -1.47. The number of hydrogen-bond donors (Lipinski definition) is 2. The summed E-state index contributed by atoms with van der Waals surface area (Å²) in [6.07, 6.45) is 5.73. The van der Waals surface area contributed by atoms with Crippen LogP contribution in [-0.4, -0.2) is 40.7 Å². The van der Waals surface area contributed by atoms with Gasteiger partial charge in [-0.1, -0.05) is 12.8 Å². The fourth-order valence-electron chi connectivity index (χ4n) is 3.67. The van der Waals surface area contributed by atoms with Crippen LogP contribution in [0.25, 0.3) is 0 Å². The molecule has 2 fully saturated rings. The van der Waals surface area contributed by atoms with Crippen LogP contribution >= 0.6 is 11.3 Å². The fourth-order valence-corrected chi connectivity index (χ4v) is 4.80. The summed E-state index contributed by atoms with van der Waals surface area (Å²) in [4.78, 5) is 29.2. The molecule has 1 amide bonds. The van der Waals surface area contributed by atoms with Crippen molar-refractivity contribution in [1.29, 1.82) is 0 Å². The Labute approximate surface area is 145 Å². The molecule has 1 aromatic heterocycles. The first kappa shape index (κ1) is 17.4. The van der Waals surface area contributed by atoms with Gasteiger partial charge >= 0.3 is 5.97 Å². The van der Waals surface area contributed by atoms with Gasteiger partial charge in [-0.3, -0.25) is 9.59 Å². The van der Waals surface area contributed by atoms with Gasteiger partial charge in [0.25, 0.3) is 5.91 Å². The molecular formula is C17H24N2O4S. The summed E-state index contributed by atoms with van der Waals surface area (Å²) in [6, 6.07) is 0. The minimum Gasteiger partial charge on any atom is -0.481 e. The molecule has 7 heteroatoms. The van der Waals surface area contributed by atoms with Gasteiger partial charge in [-0.15, -0.1) is 11.3 Å². The van der Waals surface area contributed by atoms with Gasteiger partial charge in [0.15, 0.2) is 0 Å². The molecule has 0 aromatic carbocycles. The van der Waals surface area contributed by atoms with Gasteiger partial charge in [0.05, 0.1) is 22.7 Å². The average molecular weight is 352 g/mol. The second-order valence-electron chi connectivity index (χ2n) is 6.87. The van der Waals surface area contributed by atoms with Crippen molar-refractivity contribution in [3.05, 3.63) is 15.6 Å². The third-order valence-electron chi connectivity index (χ3n) is 5.04. The Morgan fingerprint density at radius 1 is 1.33 bits per heavy atom. The summed E-state index contributed by atoms with van der Waals surface area (Å²) < 4.78 is 5.33. The molecule has 1 aromatic rings. The number of carboxylic acid groups (broad SMARTS) is 1. The van der Waals surface area contributed by atoms with Crippen molar-refractivity contribution in [2.75, 3.05) is 13.2 Å². The standard InChI is InChI=1S/C17H24N2O4S/c1-11-14(24-16(18-11)12-4-2-3-5-12)15(22)19-17(10-13(20)21)6-8-23-9-7-17/h12H,2-10H2,1H3,(H,19,22)(H,20,21). The number of thiazole rings is 1. The van der Waals surface area contributed by atoms with Gasteiger partial charge in [0.1, 0.15) is 4.88 Å². The largest absolute Gasteiger partial charge is 0.481 e. The predicted octanol–water partition coefficient (Wildman–Crippen LogP) is 2.86. The van der Waals surface area contributed by atoms with Crippen molar-refractivity contribution >= 4 is 23.2 Å². The van der Waals surface area contributed by atoms with Crippen LogP contribution in [0.4, 0.5) is 0 Å². The number of carbonyl (C=O) groups is 2. The van der Waals surface area contributed by atoms with Crippen molar-refractivity contribution in [3.8, 4) is 0 Å². The third kappa shape index (κ3) is 3.78. The van der Waals surface area contributed by atoms with E-state index >= 15 is 0 Å². The molecule has 3 rings (SSSR count). The van der Waals surface area contributed by atoms with E-state index in [1.54, 1.807) is 0 Å². The SMILES string of the molecule is Cc1nc(C2CCCC2)sc1C(=O)NC1(CC(=O)O)CCOCC1. The van der Waals surface area contributed by atoms with Crippen LogP contribution in [0.3, 0.4) is 0 Å². The molecule has 132 valence electrons. The maximum Gasteiger partial charge on any atom is 0.305 e. The molecule has 6 nitrogen and oxygen atoms in total. The Bertz CT molecular complexity index is 616. The van der Waals surface area contributed by atoms with Gasteiger partial charge in [0, 0.05) is 19.1 Å².